The maximum atomic E-state index is 13.0. The third kappa shape index (κ3) is 6.02. The van der Waals surface area contributed by atoms with Crippen molar-refractivity contribution in [2.24, 2.45) is 0 Å². The summed E-state index contributed by atoms with van der Waals surface area (Å²) in [6, 6.07) is 18.0. The van der Waals surface area contributed by atoms with Gasteiger partial charge >= 0.3 is 5.97 Å². The molecule has 0 heterocycles. The van der Waals surface area contributed by atoms with Crippen LogP contribution in [-0.4, -0.2) is 27.3 Å². The highest BCUT2D eigenvalue weighted by Gasteiger charge is 2.11. The van der Waals surface area contributed by atoms with Crippen LogP contribution >= 0.6 is 0 Å². The minimum absolute atomic E-state index is 0.220. The summed E-state index contributed by atoms with van der Waals surface area (Å²) in [7, 11) is 4.52. The lowest BCUT2D eigenvalue weighted by Crippen LogP contribution is -2.05. The van der Waals surface area contributed by atoms with Crippen LogP contribution in [0.25, 0.3) is 17.7 Å². The predicted octanol–water partition coefficient (Wildman–Crippen LogP) is 5.53. The molecule has 0 fully saturated rings. The number of carbonyl (C=O) groups excluding carboxylic acids is 1. The van der Waals surface area contributed by atoms with Crippen molar-refractivity contribution < 1.29 is 28.1 Å². The summed E-state index contributed by atoms with van der Waals surface area (Å²) < 4.78 is 34.3. The van der Waals surface area contributed by atoms with Gasteiger partial charge in [-0.25, -0.2) is 9.18 Å². The summed E-state index contributed by atoms with van der Waals surface area (Å²) in [6.45, 7) is 0. The molecule has 0 atom stereocenters. The second kappa shape index (κ2) is 11.3. The average molecular weight is 459 g/mol. The fourth-order valence-corrected chi connectivity index (χ4v) is 3.09. The van der Waals surface area contributed by atoms with E-state index in [0.717, 1.165) is 0 Å². The zero-order valence-electron chi connectivity index (χ0n) is 18.9. The minimum Gasteiger partial charge on any atom is -0.493 e. The van der Waals surface area contributed by atoms with Gasteiger partial charge in [0, 0.05) is 6.08 Å². The van der Waals surface area contributed by atoms with Crippen molar-refractivity contribution in [3.05, 3.63) is 89.2 Å². The fourth-order valence-electron chi connectivity index (χ4n) is 3.09. The van der Waals surface area contributed by atoms with E-state index in [1.54, 1.807) is 54.6 Å². The number of carbonyl (C=O) groups is 1. The van der Waals surface area contributed by atoms with E-state index in [4.69, 9.17) is 18.9 Å². The number of hydrogen-bond donors (Lipinski definition) is 0. The van der Waals surface area contributed by atoms with Crippen molar-refractivity contribution in [2.45, 2.75) is 0 Å². The number of nitriles is 1. The summed E-state index contributed by atoms with van der Waals surface area (Å²) in [5, 5.41) is 9.68. The Morgan fingerprint density at radius 1 is 0.824 bits per heavy atom. The number of rotatable bonds is 8. The number of ether oxygens (including phenoxy) is 4. The molecule has 0 spiro atoms. The van der Waals surface area contributed by atoms with Crippen LogP contribution < -0.4 is 18.9 Å². The van der Waals surface area contributed by atoms with E-state index in [-0.39, 0.29) is 11.6 Å². The molecular weight excluding hydrogens is 437 g/mol. The quantitative estimate of drug-likeness (QED) is 0.145. The molecule has 0 saturated heterocycles. The van der Waals surface area contributed by atoms with Gasteiger partial charge in [0.05, 0.1) is 33.0 Å². The molecule has 0 radical (unpaired) electrons. The Kier molecular flexibility index (Phi) is 8.03. The molecule has 172 valence electrons. The number of methoxy groups -OCH3 is 3. The summed E-state index contributed by atoms with van der Waals surface area (Å²) in [4.78, 5) is 12.2. The zero-order valence-corrected chi connectivity index (χ0v) is 18.9. The normalized spacial score (nSPS) is 11.1. The highest BCUT2D eigenvalue weighted by Crippen LogP contribution is 2.33. The Morgan fingerprint density at radius 3 is 2.09 bits per heavy atom. The van der Waals surface area contributed by atoms with Crippen LogP contribution in [-0.2, 0) is 4.79 Å². The van der Waals surface area contributed by atoms with E-state index in [0.29, 0.717) is 39.5 Å². The molecular formula is C27H22FNO5. The third-order valence-electron chi connectivity index (χ3n) is 4.81. The van der Waals surface area contributed by atoms with Gasteiger partial charge in [0.1, 0.15) is 5.82 Å². The van der Waals surface area contributed by atoms with Crippen molar-refractivity contribution in [3.8, 4) is 29.1 Å². The van der Waals surface area contributed by atoms with E-state index in [2.05, 4.69) is 6.07 Å². The summed E-state index contributed by atoms with van der Waals surface area (Å²) in [5.41, 5.74) is 2.38. The summed E-state index contributed by atoms with van der Waals surface area (Å²) in [6.07, 6.45) is 4.45. The van der Waals surface area contributed by atoms with Crippen molar-refractivity contribution in [3.63, 3.8) is 0 Å². The second-order valence-corrected chi connectivity index (χ2v) is 6.96. The van der Waals surface area contributed by atoms with Crippen LogP contribution in [0.3, 0.4) is 0 Å². The van der Waals surface area contributed by atoms with Crippen molar-refractivity contribution in [1.29, 1.82) is 5.26 Å². The van der Waals surface area contributed by atoms with Gasteiger partial charge in [0.2, 0.25) is 0 Å². The molecule has 0 aliphatic rings. The maximum Gasteiger partial charge on any atom is 0.336 e. The molecule has 0 aliphatic carbocycles. The first-order valence-corrected chi connectivity index (χ1v) is 10.1. The Labute approximate surface area is 197 Å². The minimum atomic E-state index is -0.617. The number of nitrogens with zero attached hydrogens (tertiary/aromatic N) is 1. The Hall–Kier alpha value is -4.57. The highest BCUT2D eigenvalue weighted by molar-refractivity contribution is 5.91. The first-order valence-electron chi connectivity index (χ1n) is 10.1. The molecule has 0 unspecified atom stereocenters. The lowest BCUT2D eigenvalue weighted by atomic mass is 10.0. The topological polar surface area (TPSA) is 77.8 Å². The number of halogens is 1. The van der Waals surface area contributed by atoms with Gasteiger partial charge in [-0.3, -0.25) is 0 Å². The first kappa shape index (κ1) is 24.1. The molecule has 0 aromatic heterocycles. The van der Waals surface area contributed by atoms with Crippen molar-refractivity contribution in [1.82, 2.24) is 0 Å². The lowest BCUT2D eigenvalue weighted by molar-refractivity contribution is -0.129. The van der Waals surface area contributed by atoms with Gasteiger partial charge in [-0.15, -0.1) is 0 Å². The van der Waals surface area contributed by atoms with E-state index in [1.807, 2.05) is 0 Å². The Balaban J connectivity index is 1.81. The molecule has 0 aliphatic heterocycles. The number of esters is 1. The molecule has 0 N–H and O–H groups in total. The van der Waals surface area contributed by atoms with Crippen LogP contribution in [0.1, 0.15) is 16.7 Å². The first-order chi connectivity index (χ1) is 16.5. The van der Waals surface area contributed by atoms with E-state index >= 15 is 0 Å². The number of benzene rings is 3. The monoisotopic (exact) mass is 459 g/mol. The van der Waals surface area contributed by atoms with Gasteiger partial charge < -0.3 is 18.9 Å². The largest absolute Gasteiger partial charge is 0.493 e. The Bertz CT molecular complexity index is 1270. The van der Waals surface area contributed by atoms with Gasteiger partial charge in [-0.1, -0.05) is 18.2 Å². The fraction of sp³-hybridized carbons (Fsp3) is 0.111. The summed E-state index contributed by atoms with van der Waals surface area (Å²) >= 11 is 0. The molecule has 3 aromatic carbocycles. The predicted molar refractivity (Wildman–Crippen MR) is 127 cm³/mol. The van der Waals surface area contributed by atoms with Crippen LogP contribution in [0, 0.1) is 17.1 Å². The lowest BCUT2D eigenvalue weighted by Gasteiger charge is -2.10. The number of allylic oxidation sites excluding steroid dienone is 1. The van der Waals surface area contributed by atoms with Gasteiger partial charge in [-0.2, -0.15) is 5.26 Å². The van der Waals surface area contributed by atoms with Crippen molar-refractivity contribution in [2.75, 3.05) is 21.3 Å². The molecule has 7 heteroatoms. The highest BCUT2D eigenvalue weighted by atomic mass is 19.1. The summed E-state index contributed by atoms with van der Waals surface area (Å²) in [5.74, 6) is 0.637. The number of hydrogen-bond acceptors (Lipinski definition) is 6. The third-order valence-corrected chi connectivity index (χ3v) is 4.81. The van der Waals surface area contributed by atoms with Gasteiger partial charge in [0.15, 0.2) is 23.0 Å². The van der Waals surface area contributed by atoms with E-state index in [9.17, 15) is 14.4 Å². The maximum absolute atomic E-state index is 13.0. The molecule has 3 rings (SSSR count). The zero-order chi connectivity index (χ0) is 24.5. The standard InChI is InChI=1S/C27H22FNO5/c1-31-23-12-8-20(16-26(23)33-3)21(17-29)14-19-6-11-24(25(15-19)32-2)34-27(30)13-7-18-4-9-22(28)10-5-18/h4-16H,1-3H3/b13-7+,21-14-. The van der Waals surface area contributed by atoms with Crippen molar-refractivity contribution >= 4 is 23.7 Å². The van der Waals surface area contributed by atoms with Crippen LogP contribution in [0.5, 0.6) is 23.0 Å². The van der Waals surface area contributed by atoms with Crippen LogP contribution in [0.2, 0.25) is 0 Å². The molecule has 0 saturated carbocycles. The van der Waals surface area contributed by atoms with Gasteiger partial charge in [-0.05, 0) is 71.3 Å². The van der Waals surface area contributed by atoms with Gasteiger partial charge in [0.25, 0.3) is 0 Å². The molecule has 0 amide bonds. The molecule has 34 heavy (non-hydrogen) atoms. The van der Waals surface area contributed by atoms with E-state index < -0.39 is 5.97 Å². The smallest absolute Gasteiger partial charge is 0.336 e. The molecule has 0 bridgehead atoms. The van der Waals surface area contributed by atoms with E-state index in [1.165, 1.54) is 45.6 Å². The Morgan fingerprint density at radius 2 is 1.44 bits per heavy atom. The van der Waals surface area contributed by atoms with Crippen LogP contribution in [0.4, 0.5) is 4.39 Å². The molecule has 6 nitrogen and oxygen atoms in total. The second-order valence-electron chi connectivity index (χ2n) is 6.96. The average Bonchev–Trinajstić information content (AvgIpc) is 2.87. The molecule has 3 aromatic rings. The SMILES string of the molecule is COc1ccc(/C(C#N)=C\c2ccc(OC(=O)/C=C/c3ccc(F)cc3)c(OC)c2)cc1OC. The van der Waals surface area contributed by atoms with Crippen LogP contribution in [0.15, 0.2) is 66.7 Å².